The van der Waals surface area contributed by atoms with E-state index in [4.69, 9.17) is 0 Å². The highest BCUT2D eigenvalue weighted by Crippen LogP contribution is 2.32. The minimum atomic E-state index is -3.25. The number of nitrogens with one attached hydrogen (secondary N) is 2. The number of nitrogens with zero attached hydrogens (tertiary/aromatic N) is 1. The maximum Gasteiger partial charge on any atom is 0.322 e. The van der Waals surface area contributed by atoms with Gasteiger partial charge in [0, 0.05) is 13.1 Å². The Kier molecular flexibility index (Phi) is 3.24. The fraction of sp³-hybridized carbons (Fsp3) is 0.833. The number of urea groups is 1. The normalized spacial score (nSPS) is 27.8. The van der Waals surface area contributed by atoms with Gasteiger partial charge in [0.1, 0.15) is 5.54 Å². The third-order valence-corrected chi connectivity index (χ3v) is 7.07. The van der Waals surface area contributed by atoms with Crippen LogP contribution in [0.15, 0.2) is 0 Å². The summed E-state index contributed by atoms with van der Waals surface area (Å²) in [6, 6.07) is -0.484. The lowest BCUT2D eigenvalue weighted by molar-refractivity contribution is -0.125. The van der Waals surface area contributed by atoms with Crippen molar-refractivity contribution in [1.29, 1.82) is 0 Å². The number of imide groups is 1. The van der Waals surface area contributed by atoms with Crippen LogP contribution >= 0.6 is 0 Å². The van der Waals surface area contributed by atoms with Gasteiger partial charge in [-0.2, -0.15) is 0 Å². The maximum absolute atomic E-state index is 12.5. The molecule has 1 spiro atoms. The fourth-order valence-corrected chi connectivity index (χ4v) is 5.44. The first-order chi connectivity index (χ1) is 9.44. The zero-order valence-corrected chi connectivity index (χ0v) is 12.0. The molecule has 7 nitrogen and oxygen atoms in total. The average Bonchev–Trinajstić information content (AvgIpc) is 3.00. The zero-order valence-electron chi connectivity index (χ0n) is 11.2. The molecule has 1 saturated carbocycles. The molecule has 3 amide bonds. The van der Waals surface area contributed by atoms with E-state index in [0.29, 0.717) is 25.9 Å². The van der Waals surface area contributed by atoms with Gasteiger partial charge in [-0.25, -0.2) is 17.5 Å². The highest BCUT2D eigenvalue weighted by Gasteiger charge is 2.50. The van der Waals surface area contributed by atoms with Gasteiger partial charge in [-0.1, -0.05) is 12.8 Å². The third-order valence-electron chi connectivity index (χ3n) is 4.67. The molecule has 0 aromatic heterocycles. The van der Waals surface area contributed by atoms with Gasteiger partial charge in [-0.05, 0) is 25.7 Å². The van der Waals surface area contributed by atoms with Gasteiger partial charge in [0.15, 0.2) is 0 Å². The second-order valence-corrected chi connectivity index (χ2v) is 8.05. The summed E-state index contributed by atoms with van der Waals surface area (Å²) >= 11 is 0. The molecule has 1 aliphatic carbocycles. The number of hydrogen-bond donors (Lipinski definition) is 2. The molecule has 3 aliphatic rings. The van der Waals surface area contributed by atoms with E-state index in [-0.39, 0.29) is 11.2 Å². The van der Waals surface area contributed by atoms with Crippen molar-refractivity contribution in [2.45, 2.75) is 49.3 Å². The van der Waals surface area contributed by atoms with Crippen molar-refractivity contribution >= 4 is 22.0 Å². The summed E-state index contributed by atoms with van der Waals surface area (Å²) in [6.07, 6.45) is 4.11. The molecule has 0 aromatic rings. The van der Waals surface area contributed by atoms with Crippen LogP contribution in [0.1, 0.15) is 38.5 Å². The van der Waals surface area contributed by atoms with Crippen molar-refractivity contribution in [3.63, 3.8) is 0 Å². The van der Waals surface area contributed by atoms with Crippen LogP contribution in [0.25, 0.3) is 0 Å². The van der Waals surface area contributed by atoms with Gasteiger partial charge in [0.2, 0.25) is 10.0 Å². The molecule has 0 bridgehead atoms. The van der Waals surface area contributed by atoms with Crippen molar-refractivity contribution < 1.29 is 18.0 Å². The quantitative estimate of drug-likeness (QED) is 0.698. The van der Waals surface area contributed by atoms with E-state index in [9.17, 15) is 18.0 Å². The third kappa shape index (κ3) is 2.10. The van der Waals surface area contributed by atoms with Gasteiger partial charge in [0.05, 0.1) is 5.25 Å². The van der Waals surface area contributed by atoms with E-state index in [1.54, 1.807) is 0 Å². The minimum absolute atomic E-state index is 0.261. The van der Waals surface area contributed by atoms with Crippen molar-refractivity contribution in [2.24, 2.45) is 0 Å². The molecule has 20 heavy (non-hydrogen) atoms. The minimum Gasteiger partial charge on any atom is -0.323 e. The predicted molar refractivity (Wildman–Crippen MR) is 71.4 cm³/mol. The predicted octanol–water partition coefficient (Wildman–Crippen LogP) is -0.0672. The Bertz CT molecular complexity index is 531. The topological polar surface area (TPSA) is 95.6 Å². The van der Waals surface area contributed by atoms with E-state index in [1.807, 2.05) is 0 Å². The number of carbonyl (C=O) groups is 2. The lowest BCUT2D eigenvalue weighted by atomic mass is 9.89. The SMILES string of the molecule is O=C1NC(=O)C2(CCN(S(=O)(=O)C3CCCC3)CC2)N1. The molecule has 8 heteroatoms. The van der Waals surface area contributed by atoms with Crippen LogP contribution in [-0.2, 0) is 14.8 Å². The molecule has 112 valence electrons. The Morgan fingerprint density at radius 1 is 1.10 bits per heavy atom. The Morgan fingerprint density at radius 3 is 2.20 bits per heavy atom. The summed E-state index contributed by atoms with van der Waals surface area (Å²) in [7, 11) is -3.25. The number of hydrogen-bond acceptors (Lipinski definition) is 4. The van der Waals surface area contributed by atoms with Crippen LogP contribution in [0.4, 0.5) is 4.79 Å². The van der Waals surface area contributed by atoms with Crippen LogP contribution in [0.5, 0.6) is 0 Å². The fourth-order valence-electron chi connectivity index (χ4n) is 3.40. The second kappa shape index (κ2) is 4.70. The van der Waals surface area contributed by atoms with Gasteiger partial charge < -0.3 is 5.32 Å². The van der Waals surface area contributed by atoms with E-state index in [0.717, 1.165) is 25.7 Å². The Balaban J connectivity index is 1.69. The van der Waals surface area contributed by atoms with Crippen LogP contribution in [-0.4, -0.2) is 48.5 Å². The molecule has 0 radical (unpaired) electrons. The van der Waals surface area contributed by atoms with Crippen molar-refractivity contribution in [2.75, 3.05) is 13.1 Å². The number of carbonyl (C=O) groups excluding carboxylic acids is 2. The molecule has 2 aliphatic heterocycles. The number of rotatable bonds is 2. The van der Waals surface area contributed by atoms with Gasteiger partial charge >= 0.3 is 6.03 Å². The Morgan fingerprint density at radius 2 is 1.70 bits per heavy atom. The summed E-state index contributed by atoms with van der Waals surface area (Å²) in [5, 5.41) is 4.61. The summed E-state index contributed by atoms with van der Waals surface area (Å²) in [6.45, 7) is 0.596. The molecule has 2 heterocycles. The molecule has 0 atom stereocenters. The van der Waals surface area contributed by atoms with Crippen LogP contribution in [0.3, 0.4) is 0 Å². The van der Waals surface area contributed by atoms with Crippen LogP contribution in [0, 0.1) is 0 Å². The second-order valence-electron chi connectivity index (χ2n) is 5.84. The van der Waals surface area contributed by atoms with Crippen LogP contribution in [0.2, 0.25) is 0 Å². The molecular formula is C12H19N3O4S. The summed E-state index contributed by atoms with van der Waals surface area (Å²) in [5.74, 6) is -0.333. The van der Waals surface area contributed by atoms with E-state index in [2.05, 4.69) is 10.6 Å². The molecule has 3 fully saturated rings. The largest absolute Gasteiger partial charge is 0.323 e. The molecular weight excluding hydrogens is 282 g/mol. The zero-order chi connectivity index (χ0) is 14.4. The van der Waals surface area contributed by atoms with Crippen molar-refractivity contribution in [3.8, 4) is 0 Å². The van der Waals surface area contributed by atoms with E-state index < -0.39 is 21.6 Å². The molecule has 0 unspecified atom stereocenters. The molecule has 2 saturated heterocycles. The van der Waals surface area contributed by atoms with E-state index >= 15 is 0 Å². The average molecular weight is 301 g/mol. The first-order valence-electron chi connectivity index (χ1n) is 7.07. The standard InChI is InChI=1S/C12H19N3O4S/c16-10-12(14-11(17)13-10)5-7-15(8-6-12)20(18,19)9-3-1-2-4-9/h9H,1-8H2,(H2,13,14,16,17). The molecule has 3 rings (SSSR count). The Labute approximate surface area is 118 Å². The number of sulfonamides is 1. The first-order valence-corrected chi connectivity index (χ1v) is 8.57. The summed E-state index contributed by atoms with van der Waals surface area (Å²) in [5.41, 5.74) is -0.904. The molecule has 2 N–H and O–H groups in total. The van der Waals surface area contributed by atoms with Gasteiger partial charge in [-0.15, -0.1) is 0 Å². The van der Waals surface area contributed by atoms with E-state index in [1.165, 1.54) is 4.31 Å². The highest BCUT2D eigenvalue weighted by molar-refractivity contribution is 7.89. The van der Waals surface area contributed by atoms with Gasteiger partial charge in [0.25, 0.3) is 5.91 Å². The van der Waals surface area contributed by atoms with Crippen LogP contribution < -0.4 is 10.6 Å². The monoisotopic (exact) mass is 301 g/mol. The lowest BCUT2D eigenvalue weighted by Crippen LogP contribution is -2.56. The van der Waals surface area contributed by atoms with Crippen molar-refractivity contribution in [1.82, 2.24) is 14.9 Å². The van der Waals surface area contributed by atoms with Gasteiger partial charge in [-0.3, -0.25) is 10.1 Å². The summed E-state index contributed by atoms with van der Waals surface area (Å²) < 4.78 is 26.4. The van der Waals surface area contributed by atoms with Crippen molar-refractivity contribution in [3.05, 3.63) is 0 Å². The summed E-state index contributed by atoms with van der Waals surface area (Å²) in [4.78, 5) is 23.1. The highest BCUT2D eigenvalue weighted by atomic mass is 32.2. The lowest BCUT2D eigenvalue weighted by Gasteiger charge is -2.37. The molecule has 0 aromatic carbocycles. The number of amides is 3. The Hall–Kier alpha value is -1.15. The first kappa shape index (κ1) is 13.8. The maximum atomic E-state index is 12.5. The smallest absolute Gasteiger partial charge is 0.322 e. The number of piperidine rings is 1.